The predicted octanol–water partition coefficient (Wildman–Crippen LogP) is 4.68. The summed E-state index contributed by atoms with van der Waals surface area (Å²) in [5, 5.41) is 2.22. The van der Waals surface area contributed by atoms with E-state index in [9.17, 15) is 14.4 Å². The molecule has 1 fully saturated rings. The molecule has 33 heavy (non-hydrogen) atoms. The lowest BCUT2D eigenvalue weighted by molar-refractivity contribution is -0.130. The van der Waals surface area contributed by atoms with Gasteiger partial charge in [0, 0.05) is 10.0 Å². The number of hydrogen-bond donors (Lipinski definition) is 1. The van der Waals surface area contributed by atoms with Crippen LogP contribution < -0.4 is 19.5 Å². The first-order chi connectivity index (χ1) is 15.8. The number of amides is 4. The Balaban J connectivity index is 1.93. The molecule has 174 valence electrons. The van der Waals surface area contributed by atoms with Gasteiger partial charge in [0.2, 0.25) is 0 Å². The van der Waals surface area contributed by atoms with E-state index in [4.69, 9.17) is 14.2 Å². The van der Waals surface area contributed by atoms with Crippen LogP contribution in [0.1, 0.15) is 24.5 Å². The molecule has 0 radical (unpaired) electrons. The smallest absolute Gasteiger partial charge is 0.331 e. The summed E-state index contributed by atoms with van der Waals surface area (Å²) in [4.78, 5) is 39.1. The summed E-state index contributed by atoms with van der Waals surface area (Å²) in [6.07, 6.45) is 2.24. The van der Waals surface area contributed by atoms with Gasteiger partial charge in [-0.2, -0.15) is 0 Å². The van der Waals surface area contributed by atoms with E-state index in [1.54, 1.807) is 30.3 Å². The second-order valence-electron chi connectivity index (χ2n) is 7.05. The molecule has 1 saturated heterocycles. The highest BCUT2D eigenvalue weighted by molar-refractivity contribution is 9.11. The van der Waals surface area contributed by atoms with E-state index in [0.717, 1.165) is 15.8 Å². The Bertz CT molecular complexity index is 1130. The third kappa shape index (κ3) is 5.56. The summed E-state index contributed by atoms with van der Waals surface area (Å²) in [6.45, 7) is 2.48. The molecule has 1 aliphatic heterocycles. The normalized spacial score (nSPS) is 15.0. The number of ether oxygens (including phenoxy) is 3. The summed E-state index contributed by atoms with van der Waals surface area (Å²) in [5.41, 5.74) is 0.939. The van der Waals surface area contributed by atoms with Crippen LogP contribution in [0, 0.1) is 0 Å². The zero-order chi connectivity index (χ0) is 24.1. The number of methoxy groups -OCH3 is 2. The van der Waals surface area contributed by atoms with Crippen LogP contribution in [0.3, 0.4) is 0 Å². The molecule has 1 heterocycles. The van der Waals surface area contributed by atoms with Gasteiger partial charge in [-0.15, -0.1) is 0 Å². The average Bonchev–Trinajstić information content (AvgIpc) is 2.78. The number of imide groups is 2. The molecule has 0 unspecified atom stereocenters. The molecule has 0 atom stereocenters. The van der Waals surface area contributed by atoms with Crippen molar-refractivity contribution in [3.05, 3.63) is 56.0 Å². The maximum Gasteiger partial charge on any atom is 0.331 e. The SMILES string of the molecule is CCCOc1ccc(CN2C(=O)NC(=O)/C(=C\c3cc(Br)cc(Br)c3OC)C2=O)cc1OC. The molecule has 0 aromatic heterocycles. The molecule has 0 saturated carbocycles. The molecular formula is C23H22Br2N2O6. The third-order valence-corrected chi connectivity index (χ3v) is 5.80. The zero-order valence-electron chi connectivity index (χ0n) is 18.2. The summed E-state index contributed by atoms with van der Waals surface area (Å²) >= 11 is 6.78. The summed E-state index contributed by atoms with van der Waals surface area (Å²) < 4.78 is 17.8. The minimum absolute atomic E-state index is 0.0565. The summed E-state index contributed by atoms with van der Waals surface area (Å²) in [6, 6.07) is 7.85. The lowest BCUT2D eigenvalue weighted by atomic mass is 10.1. The van der Waals surface area contributed by atoms with Crippen LogP contribution in [0.2, 0.25) is 0 Å². The number of nitrogens with one attached hydrogen (secondary N) is 1. The van der Waals surface area contributed by atoms with Gasteiger partial charge in [-0.3, -0.25) is 19.8 Å². The van der Waals surface area contributed by atoms with Gasteiger partial charge >= 0.3 is 6.03 Å². The number of hydrogen-bond acceptors (Lipinski definition) is 6. The Morgan fingerprint density at radius 3 is 2.45 bits per heavy atom. The van der Waals surface area contributed by atoms with Crippen molar-refractivity contribution < 1.29 is 28.6 Å². The fourth-order valence-corrected chi connectivity index (χ4v) is 4.64. The van der Waals surface area contributed by atoms with Crippen molar-refractivity contribution in [2.75, 3.05) is 20.8 Å². The summed E-state index contributed by atoms with van der Waals surface area (Å²) in [5.74, 6) is 0.0108. The molecule has 0 aliphatic carbocycles. The van der Waals surface area contributed by atoms with Crippen LogP contribution >= 0.6 is 31.9 Å². The van der Waals surface area contributed by atoms with E-state index in [-0.39, 0.29) is 12.1 Å². The largest absolute Gasteiger partial charge is 0.495 e. The molecule has 2 aromatic rings. The highest BCUT2D eigenvalue weighted by Gasteiger charge is 2.36. The number of barbiturate groups is 1. The fourth-order valence-electron chi connectivity index (χ4n) is 3.22. The van der Waals surface area contributed by atoms with E-state index < -0.39 is 17.8 Å². The standard InChI is InChI=1S/C23H22Br2N2O6/c1-4-7-33-18-6-5-13(8-19(18)31-2)12-27-22(29)16(21(28)26-23(27)30)10-14-9-15(24)11-17(25)20(14)32-3/h5-6,8-11H,4,7,12H2,1-3H3,(H,26,28,30)/b16-10+. The van der Waals surface area contributed by atoms with Crippen molar-refractivity contribution >= 4 is 55.8 Å². The Hall–Kier alpha value is -2.85. The maximum atomic E-state index is 13.1. The van der Waals surface area contributed by atoms with Gasteiger partial charge in [-0.05, 0) is 58.3 Å². The molecule has 2 aromatic carbocycles. The van der Waals surface area contributed by atoms with Gasteiger partial charge in [0.05, 0.1) is 31.8 Å². The van der Waals surface area contributed by atoms with Gasteiger partial charge in [-0.1, -0.05) is 28.9 Å². The molecule has 0 bridgehead atoms. The van der Waals surface area contributed by atoms with Crippen LogP contribution in [-0.2, 0) is 16.1 Å². The number of carbonyl (C=O) groups excluding carboxylic acids is 3. The minimum Gasteiger partial charge on any atom is -0.495 e. The van der Waals surface area contributed by atoms with Crippen molar-refractivity contribution in [2.45, 2.75) is 19.9 Å². The van der Waals surface area contributed by atoms with Crippen LogP contribution in [0.5, 0.6) is 17.2 Å². The number of nitrogens with zero attached hydrogens (tertiary/aromatic N) is 1. The molecular weight excluding hydrogens is 560 g/mol. The number of urea groups is 1. The number of rotatable bonds is 8. The van der Waals surface area contributed by atoms with Crippen molar-refractivity contribution in [2.24, 2.45) is 0 Å². The molecule has 1 N–H and O–H groups in total. The fraction of sp³-hybridized carbons (Fsp3) is 0.261. The Kier molecular flexibility index (Phi) is 8.15. The second kappa shape index (κ2) is 10.8. The van der Waals surface area contributed by atoms with Crippen molar-refractivity contribution in [1.29, 1.82) is 0 Å². The second-order valence-corrected chi connectivity index (χ2v) is 8.82. The lowest BCUT2D eigenvalue weighted by Gasteiger charge is -2.26. The number of benzene rings is 2. The van der Waals surface area contributed by atoms with E-state index in [1.807, 2.05) is 6.92 Å². The first-order valence-electron chi connectivity index (χ1n) is 10.0. The van der Waals surface area contributed by atoms with E-state index in [0.29, 0.717) is 39.5 Å². The zero-order valence-corrected chi connectivity index (χ0v) is 21.4. The number of halogens is 2. The van der Waals surface area contributed by atoms with E-state index >= 15 is 0 Å². The predicted molar refractivity (Wildman–Crippen MR) is 129 cm³/mol. The quantitative estimate of drug-likeness (QED) is 0.359. The first kappa shape index (κ1) is 24.8. The van der Waals surface area contributed by atoms with Crippen molar-refractivity contribution in [3.63, 3.8) is 0 Å². The summed E-state index contributed by atoms with van der Waals surface area (Å²) in [7, 11) is 3.00. The van der Waals surface area contributed by atoms with Crippen LogP contribution in [0.25, 0.3) is 6.08 Å². The molecule has 8 nitrogen and oxygen atoms in total. The number of carbonyl (C=O) groups is 3. The molecule has 4 amide bonds. The van der Waals surface area contributed by atoms with Crippen LogP contribution in [0.4, 0.5) is 4.79 Å². The van der Waals surface area contributed by atoms with Crippen LogP contribution in [-0.4, -0.2) is 43.6 Å². The van der Waals surface area contributed by atoms with Gasteiger partial charge in [0.25, 0.3) is 11.8 Å². The van der Waals surface area contributed by atoms with Crippen molar-refractivity contribution in [3.8, 4) is 17.2 Å². The van der Waals surface area contributed by atoms with E-state index in [2.05, 4.69) is 37.2 Å². The Morgan fingerprint density at radius 2 is 1.79 bits per heavy atom. The molecule has 3 rings (SSSR count). The average molecular weight is 582 g/mol. The Morgan fingerprint density at radius 1 is 1.03 bits per heavy atom. The van der Waals surface area contributed by atoms with Crippen molar-refractivity contribution in [1.82, 2.24) is 10.2 Å². The third-order valence-electron chi connectivity index (χ3n) is 4.76. The lowest BCUT2D eigenvalue weighted by Crippen LogP contribution is -2.53. The monoisotopic (exact) mass is 580 g/mol. The first-order valence-corrected chi connectivity index (χ1v) is 11.6. The van der Waals surface area contributed by atoms with Gasteiger partial charge in [-0.25, -0.2) is 4.79 Å². The maximum absolute atomic E-state index is 13.1. The molecule has 10 heteroatoms. The van der Waals surface area contributed by atoms with Gasteiger partial charge in [0.15, 0.2) is 11.5 Å². The molecule has 1 aliphatic rings. The topological polar surface area (TPSA) is 94.2 Å². The molecule has 0 spiro atoms. The Labute approximate surface area is 208 Å². The van der Waals surface area contributed by atoms with Crippen LogP contribution in [0.15, 0.2) is 44.9 Å². The minimum atomic E-state index is -0.796. The van der Waals surface area contributed by atoms with Gasteiger partial charge in [0.1, 0.15) is 11.3 Å². The highest BCUT2D eigenvalue weighted by Crippen LogP contribution is 2.35. The highest BCUT2D eigenvalue weighted by atomic mass is 79.9. The van der Waals surface area contributed by atoms with Gasteiger partial charge < -0.3 is 14.2 Å². The van der Waals surface area contributed by atoms with E-state index in [1.165, 1.54) is 20.3 Å².